The van der Waals surface area contributed by atoms with Crippen molar-refractivity contribution >= 4 is 33.0 Å². The minimum Gasteiger partial charge on any atom is -0.399 e. The van der Waals surface area contributed by atoms with Crippen molar-refractivity contribution in [3.63, 3.8) is 0 Å². The van der Waals surface area contributed by atoms with Crippen molar-refractivity contribution in [2.24, 2.45) is 0 Å². The number of hydrogen-bond acceptors (Lipinski definition) is 4. The lowest BCUT2D eigenvalue weighted by Gasteiger charge is -2.11. The van der Waals surface area contributed by atoms with Crippen LogP contribution in [0.25, 0.3) is 0 Å². The van der Waals surface area contributed by atoms with Crippen LogP contribution in [0.2, 0.25) is 5.02 Å². The number of nitrogens with zero attached hydrogens (tertiary/aromatic N) is 1. The molecule has 0 aliphatic rings. The van der Waals surface area contributed by atoms with Gasteiger partial charge in [-0.15, -0.1) is 0 Å². The van der Waals surface area contributed by atoms with Gasteiger partial charge in [-0.2, -0.15) is 5.26 Å². The van der Waals surface area contributed by atoms with E-state index < -0.39 is 10.0 Å². The monoisotopic (exact) mass is 321 g/mol. The molecular weight excluding hydrogens is 310 g/mol. The summed E-state index contributed by atoms with van der Waals surface area (Å²) in [5.41, 5.74) is 7.61. The number of hydrogen-bond donors (Lipinski definition) is 2. The molecule has 0 fully saturated rings. The highest BCUT2D eigenvalue weighted by atomic mass is 35.5. The van der Waals surface area contributed by atoms with Gasteiger partial charge < -0.3 is 5.73 Å². The highest BCUT2D eigenvalue weighted by Crippen LogP contribution is 2.26. The maximum atomic E-state index is 12.4. The van der Waals surface area contributed by atoms with Crippen molar-refractivity contribution in [3.8, 4) is 6.07 Å². The molecule has 0 atom stereocenters. The second kappa shape index (κ2) is 5.64. The van der Waals surface area contributed by atoms with Crippen LogP contribution in [0.1, 0.15) is 11.1 Å². The largest absolute Gasteiger partial charge is 0.399 e. The first-order valence-corrected chi connectivity index (χ1v) is 7.78. The highest BCUT2D eigenvalue weighted by molar-refractivity contribution is 7.92. The number of benzene rings is 2. The molecular formula is C14H12ClN3O2S. The molecule has 2 aromatic rings. The quantitative estimate of drug-likeness (QED) is 0.849. The van der Waals surface area contributed by atoms with Crippen LogP contribution in [-0.4, -0.2) is 8.42 Å². The predicted octanol–water partition coefficient (Wildman–Crippen LogP) is 2.90. The van der Waals surface area contributed by atoms with Gasteiger partial charge in [0.1, 0.15) is 4.90 Å². The van der Waals surface area contributed by atoms with Crippen LogP contribution in [0.3, 0.4) is 0 Å². The molecule has 2 rings (SSSR count). The molecule has 21 heavy (non-hydrogen) atoms. The van der Waals surface area contributed by atoms with E-state index in [9.17, 15) is 8.42 Å². The van der Waals surface area contributed by atoms with Gasteiger partial charge in [-0.1, -0.05) is 11.6 Å². The molecule has 0 radical (unpaired) electrons. The molecule has 7 heteroatoms. The molecule has 0 spiro atoms. The molecule has 2 aromatic carbocycles. The summed E-state index contributed by atoms with van der Waals surface area (Å²) in [7, 11) is -3.88. The minimum absolute atomic E-state index is 0.0497. The van der Waals surface area contributed by atoms with Crippen molar-refractivity contribution < 1.29 is 8.42 Å². The van der Waals surface area contributed by atoms with Crippen LogP contribution in [-0.2, 0) is 10.0 Å². The molecule has 0 amide bonds. The van der Waals surface area contributed by atoms with E-state index in [4.69, 9.17) is 22.6 Å². The average molecular weight is 322 g/mol. The zero-order valence-electron chi connectivity index (χ0n) is 11.1. The Kier molecular flexibility index (Phi) is 4.07. The Balaban J connectivity index is 2.43. The van der Waals surface area contributed by atoms with E-state index >= 15 is 0 Å². The average Bonchev–Trinajstić information content (AvgIpc) is 2.43. The van der Waals surface area contributed by atoms with Gasteiger partial charge in [0.05, 0.1) is 16.7 Å². The summed E-state index contributed by atoms with van der Waals surface area (Å²) in [5.74, 6) is 0. The van der Waals surface area contributed by atoms with E-state index in [0.717, 1.165) is 5.56 Å². The lowest BCUT2D eigenvalue weighted by atomic mass is 10.2. The standard InChI is InChI=1S/C14H12ClN3O2S/c1-9-6-11(3-5-13(9)17)18-21(19,20)14-7-10(8-16)2-4-12(14)15/h2-7,18H,17H2,1H3. The first kappa shape index (κ1) is 15.2. The van der Waals surface area contributed by atoms with E-state index in [1.165, 1.54) is 18.2 Å². The van der Waals surface area contributed by atoms with Gasteiger partial charge in [0.15, 0.2) is 0 Å². The van der Waals surface area contributed by atoms with Gasteiger partial charge >= 0.3 is 0 Å². The third-order valence-corrected chi connectivity index (χ3v) is 4.73. The number of anilines is 2. The maximum Gasteiger partial charge on any atom is 0.263 e. The zero-order chi connectivity index (χ0) is 15.6. The summed E-state index contributed by atoms with van der Waals surface area (Å²) < 4.78 is 27.1. The first-order valence-electron chi connectivity index (χ1n) is 5.92. The zero-order valence-corrected chi connectivity index (χ0v) is 12.7. The summed E-state index contributed by atoms with van der Waals surface area (Å²) in [6.07, 6.45) is 0. The van der Waals surface area contributed by atoms with Crippen molar-refractivity contribution in [3.05, 3.63) is 52.5 Å². The molecule has 0 aliphatic heterocycles. The molecule has 108 valence electrons. The number of nitrogens with two attached hydrogens (primary N) is 1. The maximum absolute atomic E-state index is 12.4. The van der Waals surface area contributed by atoms with Crippen molar-refractivity contribution in [1.29, 1.82) is 5.26 Å². The number of nitrogen functional groups attached to an aromatic ring is 1. The number of halogens is 1. The third-order valence-electron chi connectivity index (χ3n) is 2.87. The SMILES string of the molecule is Cc1cc(NS(=O)(=O)c2cc(C#N)ccc2Cl)ccc1N. The van der Waals surface area contributed by atoms with Gasteiger partial charge in [0, 0.05) is 11.4 Å². The molecule has 3 N–H and O–H groups in total. The van der Waals surface area contributed by atoms with Gasteiger partial charge in [-0.25, -0.2) is 8.42 Å². The van der Waals surface area contributed by atoms with E-state index in [1.807, 2.05) is 6.07 Å². The topological polar surface area (TPSA) is 96.0 Å². The Labute approximate surface area is 128 Å². The van der Waals surface area contributed by atoms with Crippen LogP contribution in [0.4, 0.5) is 11.4 Å². The Bertz CT molecular complexity index is 842. The molecule has 0 heterocycles. The molecule has 5 nitrogen and oxygen atoms in total. The smallest absolute Gasteiger partial charge is 0.263 e. The number of aryl methyl sites for hydroxylation is 1. The fourth-order valence-corrected chi connectivity index (χ4v) is 3.30. The fourth-order valence-electron chi connectivity index (χ4n) is 1.73. The molecule has 0 unspecified atom stereocenters. The second-order valence-corrected chi connectivity index (χ2v) is 6.49. The summed E-state index contributed by atoms with van der Waals surface area (Å²) in [6.45, 7) is 1.77. The normalized spacial score (nSPS) is 10.9. The van der Waals surface area contributed by atoms with Crippen LogP contribution in [0, 0.1) is 18.3 Å². The lowest BCUT2D eigenvalue weighted by molar-refractivity contribution is 0.601. The lowest BCUT2D eigenvalue weighted by Crippen LogP contribution is -2.14. The number of nitrogens with one attached hydrogen (secondary N) is 1. The number of nitriles is 1. The predicted molar refractivity (Wildman–Crippen MR) is 82.6 cm³/mol. The Morgan fingerprint density at radius 2 is 1.95 bits per heavy atom. The van der Waals surface area contributed by atoms with Crippen LogP contribution in [0.15, 0.2) is 41.3 Å². The summed E-state index contributed by atoms with van der Waals surface area (Å²) in [5, 5.41) is 8.90. The van der Waals surface area contributed by atoms with Gasteiger partial charge in [0.2, 0.25) is 0 Å². The highest BCUT2D eigenvalue weighted by Gasteiger charge is 2.19. The Morgan fingerprint density at radius 3 is 2.57 bits per heavy atom. The molecule has 0 bridgehead atoms. The van der Waals surface area contributed by atoms with Crippen LogP contribution in [0.5, 0.6) is 0 Å². The van der Waals surface area contributed by atoms with E-state index in [0.29, 0.717) is 11.4 Å². The number of sulfonamides is 1. The van der Waals surface area contributed by atoms with Gasteiger partial charge in [-0.05, 0) is 48.9 Å². The van der Waals surface area contributed by atoms with Crippen molar-refractivity contribution in [2.45, 2.75) is 11.8 Å². The number of rotatable bonds is 3. The molecule has 0 aliphatic carbocycles. The second-order valence-electron chi connectivity index (χ2n) is 4.43. The summed E-state index contributed by atoms with van der Waals surface area (Å²) >= 11 is 5.91. The first-order chi connectivity index (χ1) is 9.83. The van der Waals surface area contributed by atoms with Gasteiger partial charge in [0.25, 0.3) is 10.0 Å². The Morgan fingerprint density at radius 1 is 1.24 bits per heavy atom. The van der Waals surface area contributed by atoms with E-state index in [-0.39, 0.29) is 15.5 Å². The molecule has 0 saturated heterocycles. The van der Waals surface area contributed by atoms with Crippen LogP contribution >= 0.6 is 11.6 Å². The Hall–Kier alpha value is -2.23. The molecule has 0 aromatic heterocycles. The minimum atomic E-state index is -3.88. The fraction of sp³-hybridized carbons (Fsp3) is 0.0714. The molecule has 0 saturated carbocycles. The van der Waals surface area contributed by atoms with Crippen molar-refractivity contribution in [1.82, 2.24) is 0 Å². The van der Waals surface area contributed by atoms with Gasteiger partial charge in [-0.3, -0.25) is 4.72 Å². The van der Waals surface area contributed by atoms with Crippen molar-refractivity contribution in [2.75, 3.05) is 10.5 Å². The van der Waals surface area contributed by atoms with E-state index in [1.54, 1.807) is 25.1 Å². The van der Waals surface area contributed by atoms with E-state index in [2.05, 4.69) is 4.72 Å². The van der Waals surface area contributed by atoms with Crippen LogP contribution < -0.4 is 10.5 Å². The summed E-state index contributed by atoms with van der Waals surface area (Å²) in [6, 6.07) is 10.7. The third kappa shape index (κ3) is 3.27. The summed E-state index contributed by atoms with van der Waals surface area (Å²) in [4.78, 5) is -0.141.